The van der Waals surface area contributed by atoms with Gasteiger partial charge in [-0.1, -0.05) is 36.9 Å². The van der Waals surface area contributed by atoms with E-state index in [1.54, 1.807) is 42.5 Å². The molecule has 0 atom stereocenters. The summed E-state index contributed by atoms with van der Waals surface area (Å²) >= 11 is 0. The van der Waals surface area contributed by atoms with Crippen LogP contribution in [0.25, 0.3) is 6.08 Å². The lowest BCUT2D eigenvalue weighted by Crippen LogP contribution is -2.17. The van der Waals surface area contributed by atoms with Crippen molar-refractivity contribution in [3.63, 3.8) is 0 Å². The fraction of sp³-hybridized carbons (Fsp3) is 0.235. The van der Waals surface area contributed by atoms with Crippen LogP contribution in [0.1, 0.15) is 28.8 Å². The molecule has 116 valence electrons. The van der Waals surface area contributed by atoms with Crippen molar-refractivity contribution < 1.29 is 17.9 Å². The van der Waals surface area contributed by atoms with Crippen molar-refractivity contribution in [3.05, 3.63) is 65.1 Å². The Bertz CT molecular complexity index is 710. The molecule has 0 heterocycles. The Balaban J connectivity index is 1.89. The Kier molecular flexibility index (Phi) is 5.33. The molecule has 0 aromatic heterocycles. The molecule has 1 aromatic rings. The van der Waals surface area contributed by atoms with Gasteiger partial charge in [0.25, 0.3) is 0 Å². The summed E-state index contributed by atoms with van der Waals surface area (Å²) in [5, 5.41) is 0. The predicted octanol–water partition coefficient (Wildman–Crippen LogP) is 3.14. The van der Waals surface area contributed by atoms with E-state index in [2.05, 4.69) is 6.58 Å². The first-order valence-electron chi connectivity index (χ1n) is 7.02. The van der Waals surface area contributed by atoms with Gasteiger partial charge in [-0.2, -0.15) is 0 Å². The third-order valence-corrected chi connectivity index (χ3v) is 5.01. The number of esters is 1. The Morgan fingerprint density at radius 2 is 1.95 bits per heavy atom. The van der Waals surface area contributed by atoms with Gasteiger partial charge in [0.15, 0.2) is 9.84 Å². The molecule has 2 rings (SSSR count). The number of sulfone groups is 1. The number of rotatable bonds is 6. The molecule has 0 amide bonds. The fourth-order valence-electron chi connectivity index (χ4n) is 2.02. The molecule has 0 saturated carbocycles. The highest BCUT2D eigenvalue weighted by atomic mass is 32.2. The van der Waals surface area contributed by atoms with Gasteiger partial charge in [-0.25, -0.2) is 13.2 Å². The number of allylic oxidation sites excluding steroid dienone is 3. The van der Waals surface area contributed by atoms with Crippen LogP contribution in [0.2, 0.25) is 0 Å². The average molecular weight is 318 g/mol. The molecule has 0 fully saturated rings. The van der Waals surface area contributed by atoms with Crippen molar-refractivity contribution >= 4 is 21.9 Å². The third-order valence-electron chi connectivity index (χ3n) is 3.29. The zero-order chi connectivity index (χ0) is 16.0. The fourth-order valence-corrected chi connectivity index (χ4v) is 3.23. The van der Waals surface area contributed by atoms with E-state index in [1.807, 2.05) is 6.08 Å². The minimum absolute atomic E-state index is 0.157. The largest absolute Gasteiger partial charge is 0.461 e. The molecule has 0 N–H and O–H groups in total. The quantitative estimate of drug-likeness (QED) is 0.756. The average Bonchev–Trinajstić information content (AvgIpc) is 2.55. The van der Waals surface area contributed by atoms with E-state index in [0.29, 0.717) is 10.5 Å². The van der Waals surface area contributed by atoms with Crippen LogP contribution in [0, 0.1) is 0 Å². The first-order chi connectivity index (χ1) is 10.5. The van der Waals surface area contributed by atoms with Gasteiger partial charge in [-0.15, -0.1) is 0 Å². The Labute approximate surface area is 130 Å². The van der Waals surface area contributed by atoms with Crippen LogP contribution >= 0.6 is 0 Å². The van der Waals surface area contributed by atoms with Crippen LogP contribution in [0.5, 0.6) is 0 Å². The van der Waals surface area contributed by atoms with E-state index in [4.69, 9.17) is 4.74 Å². The van der Waals surface area contributed by atoms with Crippen molar-refractivity contribution in [1.29, 1.82) is 0 Å². The smallest absolute Gasteiger partial charge is 0.338 e. The molecule has 4 nitrogen and oxygen atoms in total. The molecule has 1 aliphatic rings. The summed E-state index contributed by atoms with van der Waals surface area (Å²) in [6.45, 7) is 3.48. The molecule has 0 saturated heterocycles. The first-order valence-corrected chi connectivity index (χ1v) is 8.67. The Morgan fingerprint density at radius 3 is 2.55 bits per heavy atom. The second-order valence-corrected chi connectivity index (χ2v) is 6.98. The van der Waals surface area contributed by atoms with E-state index >= 15 is 0 Å². The molecule has 0 unspecified atom stereocenters. The number of benzene rings is 1. The van der Waals surface area contributed by atoms with Gasteiger partial charge in [0, 0.05) is 0 Å². The summed E-state index contributed by atoms with van der Waals surface area (Å²) < 4.78 is 29.2. The highest BCUT2D eigenvalue weighted by Crippen LogP contribution is 2.16. The Hall–Kier alpha value is -2.14. The zero-order valence-electron chi connectivity index (χ0n) is 12.2. The number of carbonyl (C=O) groups excluding carboxylic acids is 1. The normalized spacial score (nSPS) is 14.3. The molecule has 1 aliphatic carbocycles. The summed E-state index contributed by atoms with van der Waals surface area (Å²) in [5.41, 5.74) is 1.29. The van der Waals surface area contributed by atoms with Crippen LogP contribution in [0.4, 0.5) is 0 Å². The van der Waals surface area contributed by atoms with Crippen LogP contribution in [-0.2, 0) is 14.6 Å². The lowest BCUT2D eigenvalue weighted by atomic mass is 10.1. The van der Waals surface area contributed by atoms with E-state index < -0.39 is 15.8 Å². The van der Waals surface area contributed by atoms with Crippen molar-refractivity contribution in [3.8, 4) is 0 Å². The molecule has 22 heavy (non-hydrogen) atoms. The molecular formula is C17H18O4S. The van der Waals surface area contributed by atoms with Crippen molar-refractivity contribution in [2.24, 2.45) is 0 Å². The van der Waals surface area contributed by atoms with Crippen molar-refractivity contribution in [2.45, 2.75) is 12.8 Å². The number of hydrogen-bond donors (Lipinski definition) is 0. The number of ether oxygens (including phenoxy) is 1. The van der Waals surface area contributed by atoms with Crippen LogP contribution in [0.15, 0.2) is 54.0 Å². The minimum Gasteiger partial charge on any atom is -0.461 e. The predicted molar refractivity (Wildman–Crippen MR) is 87.1 cm³/mol. The summed E-state index contributed by atoms with van der Waals surface area (Å²) in [6, 6.07) is 6.75. The second kappa shape index (κ2) is 7.22. The van der Waals surface area contributed by atoms with Gasteiger partial charge >= 0.3 is 5.97 Å². The number of carbonyl (C=O) groups is 1. The topological polar surface area (TPSA) is 60.4 Å². The van der Waals surface area contributed by atoms with Gasteiger partial charge in [-0.05, 0) is 36.6 Å². The van der Waals surface area contributed by atoms with Gasteiger partial charge < -0.3 is 4.74 Å². The molecule has 1 aromatic carbocycles. The molecule has 0 aliphatic heterocycles. The lowest BCUT2D eigenvalue weighted by molar-refractivity contribution is 0.0529. The molecule has 0 spiro atoms. The van der Waals surface area contributed by atoms with Gasteiger partial charge in [0.2, 0.25) is 0 Å². The molecule has 0 radical (unpaired) electrons. The lowest BCUT2D eigenvalue weighted by Gasteiger charge is -2.09. The van der Waals surface area contributed by atoms with Crippen molar-refractivity contribution in [2.75, 3.05) is 12.4 Å². The highest BCUT2D eigenvalue weighted by Gasteiger charge is 2.17. The standard InChI is InChI=1S/C17H18O4S/c1-2-14-8-10-15(11-9-14)17(18)21-12-13-22(19,20)16-6-4-3-5-7-16/h2,4,6-11H,1,3,5,12-13H2. The second-order valence-electron chi connectivity index (χ2n) is 4.87. The van der Waals surface area contributed by atoms with Gasteiger partial charge in [0.05, 0.1) is 16.2 Å². The summed E-state index contributed by atoms with van der Waals surface area (Å²) in [7, 11) is -3.39. The number of hydrogen-bond acceptors (Lipinski definition) is 4. The first kappa shape index (κ1) is 16.2. The van der Waals surface area contributed by atoms with E-state index in [9.17, 15) is 13.2 Å². The molecular weight excluding hydrogens is 300 g/mol. The van der Waals surface area contributed by atoms with Crippen LogP contribution in [-0.4, -0.2) is 26.7 Å². The third kappa shape index (κ3) is 4.18. The van der Waals surface area contributed by atoms with E-state index in [1.165, 1.54) is 0 Å². The maximum absolute atomic E-state index is 12.1. The molecule has 5 heteroatoms. The maximum atomic E-state index is 12.1. The van der Waals surface area contributed by atoms with Gasteiger partial charge in [0.1, 0.15) is 6.61 Å². The highest BCUT2D eigenvalue weighted by molar-refractivity contribution is 7.95. The SMILES string of the molecule is C=Cc1ccc(C(=O)OCCS(=O)(=O)C2=CCCC=C2)cc1. The van der Waals surface area contributed by atoms with E-state index in [0.717, 1.165) is 18.4 Å². The molecule has 0 bridgehead atoms. The Morgan fingerprint density at radius 1 is 1.23 bits per heavy atom. The van der Waals surface area contributed by atoms with Gasteiger partial charge in [-0.3, -0.25) is 0 Å². The van der Waals surface area contributed by atoms with Crippen LogP contribution in [0.3, 0.4) is 0 Å². The summed E-state index contributed by atoms with van der Waals surface area (Å²) in [5.74, 6) is -0.737. The summed E-state index contributed by atoms with van der Waals surface area (Å²) in [6.07, 6.45) is 8.39. The van der Waals surface area contributed by atoms with Crippen LogP contribution < -0.4 is 0 Å². The van der Waals surface area contributed by atoms with E-state index in [-0.39, 0.29) is 12.4 Å². The van der Waals surface area contributed by atoms with Crippen molar-refractivity contribution in [1.82, 2.24) is 0 Å². The maximum Gasteiger partial charge on any atom is 0.338 e. The monoisotopic (exact) mass is 318 g/mol. The minimum atomic E-state index is -3.39. The zero-order valence-corrected chi connectivity index (χ0v) is 13.0. The summed E-state index contributed by atoms with van der Waals surface area (Å²) in [4.78, 5) is 12.1.